The number of hydrogen-bond donors (Lipinski definition) is 2. The molecule has 2 aromatic rings. The molecule has 0 fully saturated rings. The lowest BCUT2D eigenvalue weighted by molar-refractivity contribution is 0.103. The average Bonchev–Trinajstić information content (AvgIpc) is 2.83. The van der Waals surface area contributed by atoms with Gasteiger partial charge in [0, 0.05) is 18.3 Å². The summed E-state index contributed by atoms with van der Waals surface area (Å²) < 4.78 is 5.98. The van der Waals surface area contributed by atoms with E-state index in [1.807, 2.05) is 12.1 Å². The average molecular weight is 297 g/mol. The van der Waals surface area contributed by atoms with Crippen LogP contribution in [0.25, 0.3) is 0 Å². The van der Waals surface area contributed by atoms with E-state index in [9.17, 15) is 4.79 Å². The molecule has 0 aliphatic heterocycles. The van der Waals surface area contributed by atoms with E-state index >= 15 is 0 Å². The number of amides is 1. The van der Waals surface area contributed by atoms with Gasteiger partial charge in [0.15, 0.2) is 0 Å². The first-order chi connectivity index (χ1) is 9.19. The van der Waals surface area contributed by atoms with Crippen molar-refractivity contribution in [3.8, 4) is 5.75 Å². The summed E-state index contributed by atoms with van der Waals surface area (Å²) in [7, 11) is 0. The minimum Gasteiger partial charge on any atom is -0.492 e. The monoisotopic (exact) mass is 296 g/mol. The van der Waals surface area contributed by atoms with Crippen LogP contribution in [0.15, 0.2) is 36.4 Å². The first-order valence-electron chi connectivity index (χ1n) is 5.68. The summed E-state index contributed by atoms with van der Waals surface area (Å²) in [5.41, 5.74) is 6.04. The highest BCUT2D eigenvalue weighted by Gasteiger charge is 2.09. The third-order valence-electron chi connectivity index (χ3n) is 2.28. The molecule has 0 spiro atoms. The van der Waals surface area contributed by atoms with Crippen molar-refractivity contribution in [2.45, 2.75) is 0 Å². The van der Waals surface area contributed by atoms with E-state index in [4.69, 9.17) is 22.1 Å². The number of benzene rings is 1. The molecule has 3 N–H and O–H groups in total. The summed E-state index contributed by atoms with van der Waals surface area (Å²) in [5.74, 6) is 0.486. The molecule has 1 aromatic heterocycles. The number of rotatable bonds is 5. The van der Waals surface area contributed by atoms with Crippen molar-refractivity contribution in [1.82, 2.24) is 0 Å². The second kappa shape index (κ2) is 6.56. The van der Waals surface area contributed by atoms with Crippen molar-refractivity contribution >= 4 is 34.5 Å². The molecular formula is C13H13ClN2O2S. The van der Waals surface area contributed by atoms with Crippen LogP contribution in [0.4, 0.5) is 5.69 Å². The second-order valence-electron chi connectivity index (χ2n) is 3.72. The molecule has 0 unspecified atom stereocenters. The predicted octanol–water partition coefficient (Wildman–Crippen LogP) is 2.99. The van der Waals surface area contributed by atoms with Crippen LogP contribution in [0.3, 0.4) is 0 Å². The van der Waals surface area contributed by atoms with Gasteiger partial charge in [0.05, 0.1) is 9.21 Å². The number of carbonyl (C=O) groups is 1. The maximum absolute atomic E-state index is 11.9. The minimum absolute atomic E-state index is 0.187. The largest absolute Gasteiger partial charge is 0.492 e. The van der Waals surface area contributed by atoms with E-state index in [1.165, 1.54) is 11.3 Å². The fourth-order valence-corrected chi connectivity index (χ4v) is 2.41. The maximum atomic E-state index is 11.9. The van der Waals surface area contributed by atoms with Gasteiger partial charge in [0.2, 0.25) is 0 Å². The maximum Gasteiger partial charge on any atom is 0.265 e. The zero-order chi connectivity index (χ0) is 13.7. The van der Waals surface area contributed by atoms with Crippen LogP contribution in [-0.2, 0) is 0 Å². The van der Waals surface area contributed by atoms with E-state index in [0.29, 0.717) is 33.8 Å². The van der Waals surface area contributed by atoms with Crippen molar-refractivity contribution in [3.05, 3.63) is 45.6 Å². The lowest BCUT2D eigenvalue weighted by Gasteiger charge is -2.07. The molecule has 6 heteroatoms. The highest BCUT2D eigenvalue weighted by Crippen LogP contribution is 2.23. The quantitative estimate of drug-likeness (QED) is 0.891. The first-order valence-corrected chi connectivity index (χ1v) is 6.88. The van der Waals surface area contributed by atoms with Gasteiger partial charge >= 0.3 is 0 Å². The summed E-state index contributed by atoms with van der Waals surface area (Å²) in [6.07, 6.45) is 0. The lowest BCUT2D eigenvalue weighted by atomic mass is 10.3. The topological polar surface area (TPSA) is 64.3 Å². The molecule has 1 amide bonds. The third-order valence-corrected chi connectivity index (χ3v) is 3.51. The molecular weight excluding hydrogens is 284 g/mol. The molecule has 0 saturated heterocycles. The Balaban J connectivity index is 2.04. The van der Waals surface area contributed by atoms with Gasteiger partial charge in [-0.3, -0.25) is 4.79 Å². The Morgan fingerprint density at radius 3 is 2.89 bits per heavy atom. The molecule has 2 rings (SSSR count). The molecule has 0 aliphatic rings. The van der Waals surface area contributed by atoms with Crippen LogP contribution in [0.2, 0.25) is 4.34 Å². The van der Waals surface area contributed by atoms with E-state index < -0.39 is 0 Å². The van der Waals surface area contributed by atoms with Gasteiger partial charge in [-0.15, -0.1) is 11.3 Å². The van der Waals surface area contributed by atoms with Gasteiger partial charge in [-0.2, -0.15) is 0 Å². The molecule has 19 heavy (non-hydrogen) atoms. The van der Waals surface area contributed by atoms with Gasteiger partial charge in [-0.25, -0.2) is 0 Å². The van der Waals surface area contributed by atoms with Crippen LogP contribution in [0.1, 0.15) is 9.67 Å². The number of thiophene rings is 1. The Labute approximate surface area is 120 Å². The van der Waals surface area contributed by atoms with Crippen LogP contribution in [0, 0.1) is 0 Å². The number of halogens is 1. The highest BCUT2D eigenvalue weighted by atomic mass is 35.5. The van der Waals surface area contributed by atoms with Crippen molar-refractivity contribution in [1.29, 1.82) is 0 Å². The highest BCUT2D eigenvalue weighted by molar-refractivity contribution is 7.18. The van der Waals surface area contributed by atoms with Gasteiger partial charge < -0.3 is 15.8 Å². The minimum atomic E-state index is -0.187. The van der Waals surface area contributed by atoms with Crippen molar-refractivity contribution < 1.29 is 9.53 Å². The third kappa shape index (κ3) is 3.96. The zero-order valence-corrected chi connectivity index (χ0v) is 11.6. The second-order valence-corrected chi connectivity index (χ2v) is 5.44. The summed E-state index contributed by atoms with van der Waals surface area (Å²) in [4.78, 5) is 12.5. The molecule has 1 heterocycles. The van der Waals surface area contributed by atoms with Gasteiger partial charge in [0.1, 0.15) is 12.4 Å². The van der Waals surface area contributed by atoms with Crippen LogP contribution in [0.5, 0.6) is 5.75 Å². The Morgan fingerprint density at radius 2 is 2.21 bits per heavy atom. The van der Waals surface area contributed by atoms with Gasteiger partial charge in [0.25, 0.3) is 5.91 Å². The molecule has 0 atom stereocenters. The number of nitrogens with two attached hydrogens (primary N) is 1. The van der Waals surface area contributed by atoms with Crippen LogP contribution < -0.4 is 15.8 Å². The first kappa shape index (κ1) is 13.9. The zero-order valence-electron chi connectivity index (χ0n) is 10.1. The van der Waals surface area contributed by atoms with E-state index in [2.05, 4.69) is 5.32 Å². The predicted molar refractivity (Wildman–Crippen MR) is 78.3 cm³/mol. The Morgan fingerprint density at radius 1 is 1.37 bits per heavy atom. The fourth-order valence-electron chi connectivity index (χ4n) is 1.47. The van der Waals surface area contributed by atoms with E-state index in [1.54, 1.807) is 24.3 Å². The standard InChI is InChI=1S/C13H13ClN2O2S/c14-12-5-4-11(19-12)13(17)16-9-2-1-3-10(8-9)18-7-6-15/h1-5,8H,6-7,15H2,(H,16,17). The van der Waals surface area contributed by atoms with Gasteiger partial charge in [-0.1, -0.05) is 17.7 Å². The van der Waals surface area contributed by atoms with Gasteiger partial charge in [-0.05, 0) is 24.3 Å². The molecule has 0 saturated carbocycles. The van der Waals surface area contributed by atoms with E-state index in [-0.39, 0.29) is 5.91 Å². The smallest absolute Gasteiger partial charge is 0.265 e. The molecule has 100 valence electrons. The number of ether oxygens (including phenoxy) is 1. The van der Waals surface area contributed by atoms with E-state index in [0.717, 1.165) is 0 Å². The summed E-state index contributed by atoms with van der Waals surface area (Å²) in [6.45, 7) is 0.891. The fraction of sp³-hybridized carbons (Fsp3) is 0.154. The normalized spacial score (nSPS) is 10.2. The number of carbonyl (C=O) groups excluding carboxylic acids is 1. The van der Waals surface area contributed by atoms with Crippen LogP contribution >= 0.6 is 22.9 Å². The molecule has 0 radical (unpaired) electrons. The number of hydrogen-bond acceptors (Lipinski definition) is 4. The summed E-state index contributed by atoms with van der Waals surface area (Å²) in [6, 6.07) is 10.6. The van der Waals surface area contributed by atoms with Crippen molar-refractivity contribution in [2.75, 3.05) is 18.5 Å². The molecule has 0 bridgehead atoms. The number of anilines is 1. The van der Waals surface area contributed by atoms with Crippen molar-refractivity contribution in [2.24, 2.45) is 5.73 Å². The molecule has 0 aliphatic carbocycles. The Bertz CT molecular complexity index is 571. The number of nitrogens with one attached hydrogen (secondary N) is 1. The Kier molecular flexibility index (Phi) is 4.79. The Hall–Kier alpha value is -1.56. The van der Waals surface area contributed by atoms with Crippen molar-refractivity contribution in [3.63, 3.8) is 0 Å². The SMILES string of the molecule is NCCOc1cccc(NC(=O)c2ccc(Cl)s2)c1. The lowest BCUT2D eigenvalue weighted by Crippen LogP contribution is -2.12. The van der Waals surface area contributed by atoms with Crippen LogP contribution in [-0.4, -0.2) is 19.1 Å². The molecule has 1 aromatic carbocycles. The summed E-state index contributed by atoms with van der Waals surface area (Å²) in [5, 5.41) is 2.79. The molecule has 4 nitrogen and oxygen atoms in total. The summed E-state index contributed by atoms with van der Waals surface area (Å²) >= 11 is 7.04.